The maximum atomic E-state index is 2.63. The van der Waals surface area contributed by atoms with E-state index in [1.165, 1.54) is 108 Å². The second kappa shape index (κ2) is 7.44. The lowest BCUT2D eigenvalue weighted by molar-refractivity contribution is 1.35. The molecular formula is C40H24N2S. The third-order valence-electron chi connectivity index (χ3n) is 9.85. The van der Waals surface area contributed by atoms with Crippen LogP contribution in [0.25, 0.3) is 96.7 Å². The second-order valence-corrected chi connectivity index (χ2v) is 13.3. The summed E-state index contributed by atoms with van der Waals surface area (Å²) in [5.74, 6) is 0. The zero-order chi connectivity index (χ0) is 28.1. The van der Waals surface area contributed by atoms with Crippen LogP contribution in [-0.2, 0) is 0 Å². The van der Waals surface area contributed by atoms with Crippen LogP contribution in [0, 0.1) is 13.8 Å². The van der Waals surface area contributed by atoms with E-state index in [9.17, 15) is 0 Å². The Balaban J connectivity index is 1.60. The van der Waals surface area contributed by atoms with Crippen LogP contribution in [0.2, 0.25) is 0 Å². The fourth-order valence-electron chi connectivity index (χ4n) is 8.25. The van der Waals surface area contributed by atoms with E-state index in [2.05, 4.69) is 132 Å². The lowest BCUT2D eigenvalue weighted by Crippen LogP contribution is -1.92. The first-order valence-corrected chi connectivity index (χ1v) is 15.8. The summed E-state index contributed by atoms with van der Waals surface area (Å²) in [6.45, 7) is 4.44. The predicted molar refractivity (Wildman–Crippen MR) is 186 cm³/mol. The summed E-state index contributed by atoms with van der Waals surface area (Å²) in [7, 11) is 0. The third kappa shape index (κ3) is 2.50. The van der Waals surface area contributed by atoms with Gasteiger partial charge in [-0.05, 0) is 61.2 Å². The highest BCUT2D eigenvalue weighted by Gasteiger charge is 2.29. The van der Waals surface area contributed by atoms with Gasteiger partial charge in [0, 0.05) is 47.8 Å². The Kier molecular flexibility index (Phi) is 3.89. The van der Waals surface area contributed by atoms with Gasteiger partial charge in [-0.3, -0.25) is 0 Å². The van der Waals surface area contributed by atoms with E-state index < -0.39 is 0 Å². The maximum absolute atomic E-state index is 2.63. The van der Waals surface area contributed by atoms with Crippen LogP contribution >= 0.6 is 11.3 Å². The van der Waals surface area contributed by atoms with E-state index in [0.29, 0.717) is 0 Å². The van der Waals surface area contributed by atoms with Crippen LogP contribution in [-0.4, -0.2) is 8.80 Å². The van der Waals surface area contributed by atoms with E-state index in [4.69, 9.17) is 0 Å². The first-order chi connectivity index (χ1) is 21.2. The van der Waals surface area contributed by atoms with Gasteiger partial charge in [-0.1, -0.05) is 83.9 Å². The van der Waals surface area contributed by atoms with Crippen molar-refractivity contribution in [3.8, 4) is 10.4 Å². The van der Waals surface area contributed by atoms with Crippen LogP contribution in [0.15, 0.2) is 109 Å². The third-order valence-corrected chi connectivity index (χ3v) is 11.0. The molecule has 3 heteroatoms. The summed E-state index contributed by atoms with van der Waals surface area (Å²) < 4.78 is 6.51. The molecule has 0 amide bonds. The van der Waals surface area contributed by atoms with Crippen LogP contribution in [0.5, 0.6) is 0 Å². The average Bonchev–Trinajstić information content (AvgIpc) is 3.76. The molecule has 5 heterocycles. The number of para-hydroxylation sites is 1. The van der Waals surface area contributed by atoms with E-state index in [-0.39, 0.29) is 0 Å². The van der Waals surface area contributed by atoms with E-state index in [1.807, 2.05) is 11.3 Å². The zero-order valence-electron chi connectivity index (χ0n) is 23.7. The summed E-state index contributed by atoms with van der Waals surface area (Å²) in [6.07, 6.45) is 0. The Hall–Kier alpha value is -5.12. The number of nitrogens with zero attached hydrogens (tertiary/aromatic N) is 2. The molecule has 0 bridgehead atoms. The highest BCUT2D eigenvalue weighted by molar-refractivity contribution is 7.23. The van der Waals surface area contributed by atoms with Gasteiger partial charge in [-0.2, -0.15) is 0 Å². The van der Waals surface area contributed by atoms with Gasteiger partial charge in [-0.25, -0.2) is 0 Å². The molecule has 11 aromatic rings. The number of benzene rings is 6. The van der Waals surface area contributed by atoms with Crippen molar-refractivity contribution in [2.75, 3.05) is 0 Å². The Morgan fingerprint density at radius 1 is 0.442 bits per heavy atom. The number of aryl methyl sites for hydroxylation is 2. The Labute approximate surface area is 250 Å². The SMILES string of the molecule is Cc1ccc2c(c1)c1c3c4cccc5sc(-c6ccccc6)c(c54)n4c5ccc(C)cc5c(c5c6ccccc6n2c15)c34. The Morgan fingerprint density at radius 2 is 1.02 bits per heavy atom. The molecule has 5 aromatic heterocycles. The number of hydrogen-bond acceptors (Lipinski definition) is 1. The molecule has 11 rings (SSSR count). The van der Waals surface area contributed by atoms with Crippen molar-refractivity contribution < 1.29 is 0 Å². The lowest BCUT2D eigenvalue weighted by atomic mass is 9.94. The quantitative estimate of drug-likeness (QED) is 0.175. The van der Waals surface area contributed by atoms with Gasteiger partial charge in [0.25, 0.3) is 0 Å². The smallest absolute Gasteiger partial charge is 0.0733 e. The molecule has 43 heavy (non-hydrogen) atoms. The van der Waals surface area contributed by atoms with Crippen molar-refractivity contribution >= 4 is 97.6 Å². The summed E-state index contributed by atoms with van der Waals surface area (Å²) in [4.78, 5) is 1.34. The topological polar surface area (TPSA) is 8.82 Å². The van der Waals surface area contributed by atoms with E-state index in [0.717, 1.165) is 0 Å². The van der Waals surface area contributed by atoms with Crippen molar-refractivity contribution in [2.45, 2.75) is 13.8 Å². The molecule has 0 unspecified atom stereocenters. The number of rotatable bonds is 1. The number of pyridine rings is 1. The number of fused-ring (bicyclic) bond motifs is 13. The van der Waals surface area contributed by atoms with Crippen LogP contribution in [0.3, 0.4) is 0 Å². The molecule has 0 radical (unpaired) electrons. The first-order valence-electron chi connectivity index (χ1n) is 15.0. The standard InChI is InChI=1S/C40H24N2S/c1-21-15-17-29-26(19-21)36-34-25-12-8-14-31-32(25)39(40(43-31)23-9-4-3-5-10-23)42-30-18-16-22(2)20-27(30)35(38(34)42)33-24-11-6-7-13-28(24)41(29)37(33)36/h3-20H,1-2H3. The molecule has 0 spiro atoms. The number of thiophene rings is 1. The molecule has 0 aliphatic heterocycles. The normalized spacial score (nSPS) is 12.9. The average molecular weight is 565 g/mol. The fraction of sp³-hybridized carbons (Fsp3) is 0.0500. The highest BCUT2D eigenvalue weighted by atomic mass is 32.1. The minimum absolute atomic E-state index is 1.28. The van der Waals surface area contributed by atoms with Crippen molar-refractivity contribution in [3.05, 3.63) is 120 Å². The minimum atomic E-state index is 1.28. The van der Waals surface area contributed by atoms with Gasteiger partial charge in [0.15, 0.2) is 0 Å². The maximum Gasteiger partial charge on any atom is 0.0733 e. The monoisotopic (exact) mass is 564 g/mol. The molecule has 0 saturated carbocycles. The van der Waals surface area contributed by atoms with Crippen molar-refractivity contribution in [3.63, 3.8) is 0 Å². The first kappa shape index (κ1) is 22.5. The van der Waals surface area contributed by atoms with Gasteiger partial charge in [0.05, 0.1) is 38.0 Å². The number of aromatic nitrogens is 2. The summed E-state index contributed by atoms with van der Waals surface area (Å²) in [5.41, 5.74) is 11.7. The van der Waals surface area contributed by atoms with Crippen LogP contribution in [0.1, 0.15) is 11.1 Å². The van der Waals surface area contributed by atoms with Gasteiger partial charge in [0.1, 0.15) is 0 Å². The largest absolute Gasteiger partial charge is 0.308 e. The molecular weight excluding hydrogens is 541 g/mol. The molecule has 0 N–H and O–H groups in total. The van der Waals surface area contributed by atoms with Gasteiger partial charge >= 0.3 is 0 Å². The molecule has 0 aliphatic carbocycles. The highest BCUT2D eigenvalue weighted by Crippen LogP contribution is 2.54. The fourth-order valence-corrected chi connectivity index (χ4v) is 9.47. The van der Waals surface area contributed by atoms with Crippen molar-refractivity contribution in [1.82, 2.24) is 8.80 Å². The minimum Gasteiger partial charge on any atom is -0.308 e. The van der Waals surface area contributed by atoms with Crippen molar-refractivity contribution in [1.29, 1.82) is 0 Å². The molecule has 2 nitrogen and oxygen atoms in total. The van der Waals surface area contributed by atoms with E-state index in [1.54, 1.807) is 0 Å². The molecule has 6 aromatic carbocycles. The van der Waals surface area contributed by atoms with Crippen molar-refractivity contribution in [2.24, 2.45) is 0 Å². The molecule has 0 aliphatic rings. The molecule has 0 atom stereocenters. The molecule has 0 saturated heterocycles. The van der Waals surface area contributed by atoms with Crippen LogP contribution < -0.4 is 0 Å². The predicted octanol–water partition coefficient (Wildman–Crippen LogP) is 11.5. The van der Waals surface area contributed by atoms with Gasteiger partial charge in [-0.15, -0.1) is 11.3 Å². The Morgan fingerprint density at radius 3 is 1.79 bits per heavy atom. The molecule has 200 valence electrons. The zero-order valence-corrected chi connectivity index (χ0v) is 24.5. The van der Waals surface area contributed by atoms with Gasteiger partial charge < -0.3 is 8.80 Å². The van der Waals surface area contributed by atoms with Crippen LogP contribution in [0.4, 0.5) is 0 Å². The summed E-state index contributed by atoms with van der Waals surface area (Å²) in [6, 6.07) is 41.0. The number of hydrogen-bond donors (Lipinski definition) is 0. The Bertz CT molecular complexity index is 2950. The second-order valence-electron chi connectivity index (χ2n) is 12.3. The lowest BCUT2D eigenvalue weighted by Gasteiger charge is -2.13. The summed E-state index contributed by atoms with van der Waals surface area (Å²) in [5, 5.41) is 12.2. The van der Waals surface area contributed by atoms with Gasteiger partial charge in [0.2, 0.25) is 0 Å². The van der Waals surface area contributed by atoms with E-state index >= 15 is 0 Å². The molecule has 0 fully saturated rings. The summed E-state index contributed by atoms with van der Waals surface area (Å²) >= 11 is 1.92.